The Morgan fingerprint density at radius 3 is 0.524 bits per heavy atom. The lowest BCUT2D eigenvalue weighted by molar-refractivity contribution is 1.18. The quantitative estimate of drug-likeness (QED) is 0.168. The van der Waals surface area contributed by atoms with Crippen molar-refractivity contribution in [1.82, 2.24) is 27.1 Å². The van der Waals surface area contributed by atoms with Gasteiger partial charge in [-0.1, -0.05) is 146 Å². The second-order valence-corrected chi connectivity index (χ2v) is 23.2. The highest BCUT2D eigenvalue weighted by Gasteiger charge is 2.31. The lowest BCUT2D eigenvalue weighted by atomic mass is 9.97. The number of hydrogen-bond acceptors (Lipinski definition) is 0. The highest BCUT2D eigenvalue weighted by molar-refractivity contribution is 6.45. The lowest BCUT2D eigenvalue weighted by Gasteiger charge is -2.11. The monoisotopic (exact) mass is 1060 g/mol. The highest BCUT2D eigenvalue weighted by atomic mass is 15.0. The van der Waals surface area contributed by atoms with Crippen LogP contribution < -0.4 is 0 Å². The molecule has 21 rings (SSSR count). The van der Waals surface area contributed by atoms with Crippen LogP contribution in [0.3, 0.4) is 0 Å². The van der Waals surface area contributed by atoms with Gasteiger partial charge in [0.15, 0.2) is 0 Å². The normalized spacial score (nSPS) is 12.8. The number of benzene rings is 13. The Morgan fingerprint density at radius 2 is 0.333 bits per heavy atom. The molecule has 0 aliphatic heterocycles. The summed E-state index contributed by atoms with van der Waals surface area (Å²) in [5.41, 5.74) is 21.4. The van der Waals surface area contributed by atoms with Gasteiger partial charge in [-0.15, -0.1) is 0 Å². The number of hydrogen-bond donors (Lipinski definition) is 0. The zero-order valence-electron chi connectivity index (χ0n) is 45.1. The number of fused-ring (bicyclic) bond motifs is 26. The van der Waals surface area contributed by atoms with E-state index >= 15 is 0 Å². The van der Waals surface area contributed by atoms with Crippen LogP contribution in [0.5, 0.6) is 0 Å². The van der Waals surface area contributed by atoms with E-state index in [1.165, 1.54) is 163 Å². The van der Waals surface area contributed by atoms with Gasteiger partial charge in [-0.25, -0.2) is 0 Å². The summed E-state index contributed by atoms with van der Waals surface area (Å²) in [5.74, 6) is 0. The fourth-order valence-electron chi connectivity index (χ4n) is 16.0. The molecule has 6 nitrogen and oxygen atoms in total. The molecule has 0 saturated carbocycles. The van der Waals surface area contributed by atoms with E-state index in [0.717, 1.165) is 22.7 Å². The Hall–Kier alpha value is -11.3. The predicted octanol–water partition coefficient (Wildman–Crippen LogP) is 20.4. The van der Waals surface area contributed by atoms with Crippen molar-refractivity contribution >= 4 is 163 Å². The summed E-state index contributed by atoms with van der Waals surface area (Å²) in [6.45, 7) is 0. The summed E-state index contributed by atoms with van der Waals surface area (Å²) < 4.78 is 15.1. The SMILES string of the molecule is c1ccc2c(c1)c1ccccc1n2-c1ccc2c(c1)c1c3c4cc(-n5c6ccccc6c6ccccc65)ccc4n4c5ccc(-n6c7ccccc7c7ccccc76)cc5c(c5c6cc(-n7c8ccccc8c8ccccc87)ccc6n2c15)c34. The maximum absolute atomic E-state index is 2.62. The minimum Gasteiger partial charge on any atom is -0.309 e. The zero-order valence-corrected chi connectivity index (χ0v) is 45.1. The fourth-order valence-corrected chi connectivity index (χ4v) is 16.0. The van der Waals surface area contributed by atoms with Gasteiger partial charge in [-0.05, 0) is 121 Å². The largest absolute Gasteiger partial charge is 0.309 e. The first-order valence-corrected chi connectivity index (χ1v) is 29.1. The van der Waals surface area contributed by atoms with Gasteiger partial charge in [-0.3, -0.25) is 0 Å². The molecule has 13 aromatic carbocycles. The zero-order chi connectivity index (χ0) is 54.2. The van der Waals surface area contributed by atoms with Gasteiger partial charge in [-0.2, -0.15) is 0 Å². The lowest BCUT2D eigenvalue weighted by Crippen LogP contribution is -1.94. The van der Waals surface area contributed by atoms with Crippen LogP contribution in [-0.4, -0.2) is 27.1 Å². The van der Waals surface area contributed by atoms with Gasteiger partial charge in [0.1, 0.15) is 0 Å². The first-order valence-electron chi connectivity index (χ1n) is 29.1. The molecule has 0 N–H and O–H groups in total. The third-order valence-corrected chi connectivity index (χ3v) is 19.2. The average Bonchev–Trinajstić information content (AvgIpc) is 1.52. The Morgan fingerprint density at radius 1 is 0.155 bits per heavy atom. The van der Waals surface area contributed by atoms with Crippen LogP contribution >= 0.6 is 0 Å². The third kappa shape index (κ3) is 5.21. The molecule has 8 heterocycles. The van der Waals surface area contributed by atoms with Gasteiger partial charge in [0, 0.05) is 109 Å². The van der Waals surface area contributed by atoms with E-state index < -0.39 is 0 Å². The van der Waals surface area contributed by atoms with Gasteiger partial charge >= 0.3 is 0 Å². The minimum atomic E-state index is 1.14. The van der Waals surface area contributed by atoms with E-state index in [1.54, 1.807) is 0 Å². The molecule has 8 aromatic heterocycles. The van der Waals surface area contributed by atoms with Crippen LogP contribution in [0.2, 0.25) is 0 Å². The summed E-state index contributed by atoms with van der Waals surface area (Å²) >= 11 is 0. The standard InChI is InChI=1S/C78H44N6/c1-9-25-61-49(17-1)50-18-2-10-26-62(50)79(61)45-33-37-69-57(41-45)73-74-58-42-46(80-63-27-11-3-19-51(63)52-20-4-12-28-64(52)80)35-39-71(58)84-72-40-36-48(82-67-31-15-7-23-55(67)56-24-8-16-32-68(56)82)44-60(72)76(78(74)84)75-59-43-47(34-38-70(59)83(69)77(73)75)81-65-29-13-5-21-53(65)54-22-6-14-30-66(54)81/h1-44H. The van der Waals surface area contributed by atoms with Crippen molar-refractivity contribution in [2.75, 3.05) is 0 Å². The van der Waals surface area contributed by atoms with Gasteiger partial charge < -0.3 is 27.1 Å². The molecule has 0 aliphatic carbocycles. The molecular weight excluding hydrogens is 1020 g/mol. The number of para-hydroxylation sites is 8. The van der Waals surface area contributed by atoms with Crippen LogP contribution in [0.4, 0.5) is 0 Å². The maximum atomic E-state index is 2.62. The van der Waals surface area contributed by atoms with Crippen LogP contribution in [0.15, 0.2) is 267 Å². The number of rotatable bonds is 4. The van der Waals surface area contributed by atoms with Crippen molar-refractivity contribution in [1.29, 1.82) is 0 Å². The Bertz CT molecular complexity index is 5490. The summed E-state index contributed by atoms with van der Waals surface area (Å²) in [4.78, 5) is 0. The first kappa shape index (κ1) is 43.5. The molecule has 84 heavy (non-hydrogen) atoms. The summed E-state index contributed by atoms with van der Waals surface area (Å²) in [7, 11) is 0. The molecule has 21 aromatic rings. The van der Waals surface area contributed by atoms with E-state index in [1.807, 2.05) is 0 Å². The smallest absolute Gasteiger partial charge is 0.0634 e. The van der Waals surface area contributed by atoms with Crippen molar-refractivity contribution in [3.05, 3.63) is 267 Å². The van der Waals surface area contributed by atoms with Crippen LogP contribution in [0, 0.1) is 0 Å². The second kappa shape index (κ2) is 15.4. The molecule has 0 radical (unpaired) electrons. The van der Waals surface area contributed by atoms with Gasteiger partial charge in [0.2, 0.25) is 0 Å². The minimum absolute atomic E-state index is 1.14. The molecular formula is C78H44N6. The molecule has 0 spiro atoms. The molecule has 386 valence electrons. The van der Waals surface area contributed by atoms with Crippen molar-refractivity contribution in [2.45, 2.75) is 0 Å². The van der Waals surface area contributed by atoms with Crippen molar-refractivity contribution in [2.24, 2.45) is 0 Å². The Labute approximate surface area is 477 Å². The van der Waals surface area contributed by atoms with Crippen LogP contribution in [0.25, 0.3) is 186 Å². The average molecular weight is 1070 g/mol. The van der Waals surface area contributed by atoms with Gasteiger partial charge in [0.25, 0.3) is 0 Å². The Kier molecular flexibility index (Phi) is 7.94. The molecule has 0 fully saturated rings. The molecule has 0 amide bonds. The number of aromatic nitrogens is 6. The highest BCUT2D eigenvalue weighted by Crippen LogP contribution is 2.53. The summed E-state index contributed by atoms with van der Waals surface area (Å²) in [5, 5.41) is 20.1. The number of nitrogens with zero attached hydrogens (tertiary/aromatic N) is 6. The van der Waals surface area contributed by atoms with E-state index in [4.69, 9.17) is 0 Å². The summed E-state index contributed by atoms with van der Waals surface area (Å²) in [6.07, 6.45) is 0. The summed E-state index contributed by atoms with van der Waals surface area (Å²) in [6, 6.07) is 100. The molecule has 0 aliphatic rings. The van der Waals surface area contributed by atoms with E-state index in [0.29, 0.717) is 0 Å². The third-order valence-electron chi connectivity index (χ3n) is 19.2. The molecule has 0 bridgehead atoms. The second-order valence-electron chi connectivity index (χ2n) is 23.2. The molecule has 0 unspecified atom stereocenters. The molecule has 6 heteroatoms. The van der Waals surface area contributed by atoms with Crippen molar-refractivity contribution < 1.29 is 0 Å². The van der Waals surface area contributed by atoms with Crippen LogP contribution in [-0.2, 0) is 0 Å². The van der Waals surface area contributed by atoms with Gasteiger partial charge in [0.05, 0.1) is 77.2 Å². The van der Waals surface area contributed by atoms with Crippen LogP contribution in [0.1, 0.15) is 0 Å². The predicted molar refractivity (Wildman–Crippen MR) is 353 cm³/mol. The van der Waals surface area contributed by atoms with E-state index in [-0.39, 0.29) is 0 Å². The fraction of sp³-hybridized carbons (Fsp3) is 0. The first-order chi connectivity index (χ1) is 41.7. The molecule has 0 atom stereocenters. The Balaban J connectivity index is 0.973. The van der Waals surface area contributed by atoms with Crippen molar-refractivity contribution in [3.63, 3.8) is 0 Å². The van der Waals surface area contributed by atoms with E-state index in [9.17, 15) is 0 Å². The van der Waals surface area contributed by atoms with Crippen molar-refractivity contribution in [3.8, 4) is 22.7 Å². The van der Waals surface area contributed by atoms with E-state index in [2.05, 4.69) is 294 Å². The maximum Gasteiger partial charge on any atom is 0.0634 e. The topological polar surface area (TPSA) is 28.5 Å². The molecule has 0 saturated heterocycles.